The van der Waals surface area contributed by atoms with Crippen molar-refractivity contribution >= 4 is 41.6 Å². The van der Waals surface area contributed by atoms with E-state index in [0.29, 0.717) is 0 Å². The monoisotopic (exact) mass is 984 g/mol. The van der Waals surface area contributed by atoms with Crippen LogP contribution in [0.3, 0.4) is 0 Å². The third-order valence-electron chi connectivity index (χ3n) is 15.2. The van der Waals surface area contributed by atoms with Crippen molar-refractivity contribution in [1.29, 1.82) is 0 Å². The number of nitro groups is 1. The molecule has 1 aliphatic heterocycles. The SMILES string of the molecule is CO[C@H]1C(=O)[C@]2(C)[C@@H](OC)C[C@H]3OC[C@@]3(OC(C)=O)C23[C@H](OC(=O)c2ccccc2)[C@]2(O)C[C@H](OC(=O)[C@H](OC(=O)Oc4ccc([N+](=O)[O-])cc4)[C@@H](NC(=O)OC(C)(C)C)c4ccccc4)C(C)=C1C32C. The second kappa shape index (κ2) is 18.1. The maximum atomic E-state index is 15.7. The number of rotatable bonds is 13. The predicted molar refractivity (Wildman–Crippen MR) is 244 cm³/mol. The van der Waals surface area contributed by atoms with Gasteiger partial charge in [0.25, 0.3) is 5.69 Å². The number of methoxy groups -OCH3 is 2. The Morgan fingerprint density at radius 3 is 2.10 bits per heavy atom. The molecule has 1 heterocycles. The average molecular weight is 985 g/mol. The quantitative estimate of drug-likeness (QED) is 0.0492. The number of non-ortho nitro benzene ring substituents is 1. The number of carbonyl (C=O) groups is 6. The van der Waals surface area contributed by atoms with Gasteiger partial charge in [0.2, 0.25) is 6.10 Å². The lowest BCUT2D eigenvalue weighted by Gasteiger charge is -2.86. The van der Waals surface area contributed by atoms with Crippen LogP contribution in [-0.2, 0) is 52.3 Å². The maximum absolute atomic E-state index is 15.7. The van der Waals surface area contributed by atoms with E-state index in [9.17, 15) is 34.4 Å². The minimum atomic E-state index is -2.27. The van der Waals surface area contributed by atoms with E-state index in [1.807, 2.05) is 0 Å². The van der Waals surface area contributed by atoms with Gasteiger partial charge in [-0.3, -0.25) is 19.7 Å². The van der Waals surface area contributed by atoms with E-state index < -0.39 is 123 Å². The lowest BCUT2D eigenvalue weighted by atomic mass is 9.20. The predicted octanol–water partition coefficient (Wildman–Crippen LogP) is 6.06. The Balaban J connectivity index is 1.27. The van der Waals surface area contributed by atoms with Crippen molar-refractivity contribution in [2.45, 2.75) is 121 Å². The van der Waals surface area contributed by atoms with E-state index in [2.05, 4.69) is 5.32 Å². The summed E-state index contributed by atoms with van der Waals surface area (Å²) in [5.41, 5.74) is -9.87. The Hall–Kier alpha value is -6.74. The summed E-state index contributed by atoms with van der Waals surface area (Å²) < 4.78 is 54.2. The van der Waals surface area contributed by atoms with Crippen LogP contribution in [0.2, 0.25) is 0 Å². The van der Waals surface area contributed by atoms with Gasteiger partial charge < -0.3 is 53.1 Å². The molecular formula is C51H56N2O18. The van der Waals surface area contributed by atoms with Crippen molar-refractivity contribution in [3.63, 3.8) is 0 Å². The summed E-state index contributed by atoms with van der Waals surface area (Å²) in [6.07, 6.45) is -11.6. The van der Waals surface area contributed by atoms with Gasteiger partial charge in [0.15, 0.2) is 11.4 Å². The van der Waals surface area contributed by atoms with Crippen LogP contribution in [0.15, 0.2) is 96.1 Å². The number of hydrogen-bond acceptors (Lipinski definition) is 18. The first-order valence-electron chi connectivity index (χ1n) is 22.9. The number of aliphatic hydroxyl groups is 1. The molecule has 4 aliphatic carbocycles. The van der Waals surface area contributed by atoms with E-state index in [0.717, 1.165) is 24.3 Å². The number of nitrogens with one attached hydrogen (secondary N) is 1. The Kier molecular flexibility index (Phi) is 12.9. The van der Waals surface area contributed by atoms with Crippen LogP contribution in [0.25, 0.3) is 0 Å². The number of nitrogens with zero attached hydrogens (tertiary/aromatic N) is 1. The summed E-state index contributed by atoms with van der Waals surface area (Å²) in [5, 5.41) is 27.7. The summed E-state index contributed by atoms with van der Waals surface area (Å²) in [6.45, 7) is 10.7. The number of ether oxygens (including phenoxy) is 9. The highest BCUT2D eigenvalue weighted by atomic mass is 16.7. The smallest absolute Gasteiger partial charge is 0.455 e. The zero-order chi connectivity index (χ0) is 51.6. The lowest BCUT2D eigenvalue weighted by molar-refractivity contribution is -0.473. The van der Waals surface area contributed by atoms with Gasteiger partial charge in [-0.25, -0.2) is 19.2 Å². The van der Waals surface area contributed by atoms with E-state index in [1.165, 1.54) is 45.4 Å². The van der Waals surface area contributed by atoms with E-state index in [-0.39, 0.29) is 46.7 Å². The number of alkyl carbamates (subject to hydrolysis) is 1. The number of amides is 1. The van der Waals surface area contributed by atoms with Crippen LogP contribution in [0.4, 0.5) is 15.3 Å². The molecule has 0 radical (unpaired) electrons. The fourth-order valence-corrected chi connectivity index (χ4v) is 12.5. The van der Waals surface area contributed by atoms with Crippen molar-refractivity contribution in [3.8, 4) is 5.75 Å². The largest absolute Gasteiger partial charge is 0.514 e. The summed E-state index contributed by atoms with van der Waals surface area (Å²) in [7, 11) is 2.72. The minimum absolute atomic E-state index is 0.0737. The van der Waals surface area contributed by atoms with Gasteiger partial charge in [-0.2, -0.15) is 0 Å². The van der Waals surface area contributed by atoms with Gasteiger partial charge in [-0.05, 0) is 75.6 Å². The summed E-state index contributed by atoms with van der Waals surface area (Å²) in [5.74, 6) is -3.67. The highest BCUT2D eigenvalue weighted by Gasteiger charge is 2.99. The molecule has 1 amide bonds. The number of ketones is 1. The summed E-state index contributed by atoms with van der Waals surface area (Å²) in [6, 6.07) is 18.8. The molecule has 8 rings (SSSR count). The van der Waals surface area contributed by atoms with Crippen molar-refractivity contribution in [1.82, 2.24) is 5.32 Å². The molecular weight excluding hydrogens is 929 g/mol. The van der Waals surface area contributed by atoms with Gasteiger partial charge in [-0.15, -0.1) is 0 Å². The van der Waals surface area contributed by atoms with Crippen LogP contribution >= 0.6 is 0 Å². The molecule has 0 aromatic heterocycles. The second-order valence-corrected chi connectivity index (χ2v) is 19.8. The fraction of sp³-hybridized carbons (Fsp3) is 0.490. The van der Waals surface area contributed by atoms with Crippen LogP contribution in [0.1, 0.15) is 83.3 Å². The molecule has 12 atom stereocenters. The average Bonchev–Trinajstić information content (AvgIpc) is 3.31. The van der Waals surface area contributed by atoms with Gasteiger partial charge in [0.1, 0.15) is 47.4 Å². The third kappa shape index (κ3) is 7.64. The molecule has 4 fully saturated rings. The fourth-order valence-electron chi connectivity index (χ4n) is 12.5. The molecule has 5 aliphatic rings. The second-order valence-electron chi connectivity index (χ2n) is 19.8. The number of fused-ring (bicyclic) bond motifs is 1. The number of hydrogen-bond donors (Lipinski definition) is 2. The van der Waals surface area contributed by atoms with Gasteiger partial charge in [0, 0.05) is 51.5 Å². The third-order valence-corrected chi connectivity index (χ3v) is 15.2. The standard InChI is InChI=1S/C51H56N2O18/c1-27-33(67-42(57)39(68-45(59)66-32-22-20-31(21-23-32)53(61)62)37(29-16-12-10-13-17-29)52-44(58)71-46(3,4)5)25-49(60)43(69-41(56)30-18-14-11-15-19-30)51-47(6,40(55)38(64-9)36(27)48(49,51)7)34(63-8)24-35-50(51,26-65-35)70-28(2)54/h10-23,33-35,37-39,43,60H,24-26H2,1-9H3,(H,52,58)/t33-,34-,35+,37-,38+,39+,43+,47-,48?,49+,50-,51?/m0/s1. The highest BCUT2D eigenvalue weighted by Crippen LogP contribution is 2.86. The lowest BCUT2D eigenvalue weighted by Crippen LogP contribution is -3.00. The maximum Gasteiger partial charge on any atom is 0.514 e. The van der Waals surface area contributed by atoms with Crippen molar-refractivity contribution in [2.24, 2.45) is 16.2 Å². The van der Waals surface area contributed by atoms with E-state index >= 15 is 9.59 Å². The molecule has 3 aromatic rings. The van der Waals surface area contributed by atoms with Crippen molar-refractivity contribution in [3.05, 3.63) is 117 Å². The summed E-state index contributed by atoms with van der Waals surface area (Å²) in [4.78, 5) is 96.4. The zero-order valence-corrected chi connectivity index (χ0v) is 40.6. The molecule has 71 heavy (non-hydrogen) atoms. The summed E-state index contributed by atoms with van der Waals surface area (Å²) >= 11 is 0. The molecule has 20 nitrogen and oxygen atoms in total. The molecule has 3 aromatic carbocycles. The molecule has 378 valence electrons. The number of carbonyl (C=O) groups excluding carboxylic acids is 6. The first-order valence-corrected chi connectivity index (χ1v) is 22.9. The Morgan fingerprint density at radius 1 is 0.915 bits per heavy atom. The van der Waals surface area contributed by atoms with Gasteiger partial charge in [0.05, 0.1) is 34.0 Å². The van der Waals surface area contributed by atoms with Crippen molar-refractivity contribution < 1.29 is 81.4 Å². The van der Waals surface area contributed by atoms with Crippen molar-refractivity contribution in [2.75, 3.05) is 20.8 Å². The van der Waals surface area contributed by atoms with Crippen LogP contribution in [-0.4, -0.2) is 120 Å². The molecule has 1 spiro atoms. The molecule has 3 saturated carbocycles. The molecule has 20 heteroatoms. The Bertz CT molecular complexity index is 2670. The van der Waals surface area contributed by atoms with E-state index in [1.54, 1.807) is 77.9 Å². The highest BCUT2D eigenvalue weighted by molar-refractivity contribution is 5.98. The number of esters is 3. The van der Waals surface area contributed by atoms with Gasteiger partial charge in [-0.1, -0.05) is 55.5 Å². The van der Waals surface area contributed by atoms with Crippen LogP contribution in [0, 0.1) is 26.4 Å². The van der Waals surface area contributed by atoms with Crippen LogP contribution in [0.5, 0.6) is 5.75 Å². The Morgan fingerprint density at radius 2 is 1.55 bits per heavy atom. The normalized spacial score (nSPS) is 32.1. The topological polar surface area (TPSA) is 261 Å². The van der Waals surface area contributed by atoms with Gasteiger partial charge >= 0.3 is 30.2 Å². The Labute approximate surface area is 408 Å². The number of benzene rings is 3. The first-order chi connectivity index (χ1) is 33.4. The molecule has 2 unspecified atom stereocenters. The van der Waals surface area contributed by atoms with Crippen LogP contribution < -0.4 is 10.1 Å². The number of nitro benzene ring substituents is 1. The first kappa shape index (κ1) is 50.6. The van der Waals surface area contributed by atoms with E-state index in [4.69, 9.17) is 42.6 Å². The molecule has 2 N–H and O–H groups in total. The number of Topliss-reactive ketones (excluding diaryl/α,β-unsaturated/α-hetero) is 1. The molecule has 1 saturated heterocycles. The zero-order valence-electron chi connectivity index (χ0n) is 40.6. The molecule has 0 bridgehead atoms. The minimum Gasteiger partial charge on any atom is -0.455 e.